The van der Waals surface area contributed by atoms with Gasteiger partial charge in [0.25, 0.3) is 5.91 Å². The van der Waals surface area contributed by atoms with Crippen molar-refractivity contribution >= 4 is 64.1 Å². The van der Waals surface area contributed by atoms with Gasteiger partial charge in [-0.05, 0) is 48.9 Å². The number of hydrogen-bond donors (Lipinski definition) is 4. The van der Waals surface area contributed by atoms with E-state index in [9.17, 15) is 24.3 Å². The van der Waals surface area contributed by atoms with Gasteiger partial charge in [-0.1, -0.05) is 53.0 Å². The second-order valence-electron chi connectivity index (χ2n) is 10.7. The number of hydrazone groups is 1. The fraction of sp³-hybridized carbons (Fsp3) is 0.281. The van der Waals surface area contributed by atoms with Crippen molar-refractivity contribution in [1.29, 1.82) is 0 Å². The number of urea groups is 1. The summed E-state index contributed by atoms with van der Waals surface area (Å²) in [6.07, 6.45) is 0.602. The number of aryl methyl sites for hydroxylation is 1. The van der Waals surface area contributed by atoms with Crippen LogP contribution in [0.25, 0.3) is 0 Å². The molecular formula is C32H34Cl2N6O6. The van der Waals surface area contributed by atoms with Gasteiger partial charge in [-0.25, -0.2) is 9.59 Å². The second kappa shape index (κ2) is 15.5. The van der Waals surface area contributed by atoms with Crippen LogP contribution in [0.15, 0.2) is 65.8 Å². The smallest absolute Gasteiger partial charge is 0.328 e. The molecule has 12 nitrogen and oxygen atoms in total. The number of carbonyl (C=O) groups excluding carboxylic acids is 3. The van der Waals surface area contributed by atoms with E-state index in [1.54, 1.807) is 48.5 Å². The fourth-order valence-corrected chi connectivity index (χ4v) is 5.25. The van der Waals surface area contributed by atoms with Crippen molar-refractivity contribution in [2.75, 3.05) is 44.4 Å². The summed E-state index contributed by atoms with van der Waals surface area (Å²) in [6.45, 7) is 2.53. The highest BCUT2D eigenvalue weighted by molar-refractivity contribution is 6.39. The molecule has 0 radical (unpaired) electrons. The number of rotatable bonds is 12. The first-order valence-corrected chi connectivity index (χ1v) is 15.0. The van der Waals surface area contributed by atoms with E-state index in [2.05, 4.69) is 21.1 Å². The van der Waals surface area contributed by atoms with Crippen LogP contribution in [0.5, 0.6) is 5.75 Å². The van der Waals surface area contributed by atoms with Crippen LogP contribution >= 0.6 is 23.2 Å². The Morgan fingerprint density at radius 2 is 1.74 bits per heavy atom. The van der Waals surface area contributed by atoms with Crippen molar-refractivity contribution in [3.63, 3.8) is 0 Å². The predicted molar refractivity (Wildman–Crippen MR) is 177 cm³/mol. The highest BCUT2D eigenvalue weighted by Crippen LogP contribution is 2.27. The van der Waals surface area contributed by atoms with Crippen molar-refractivity contribution in [1.82, 2.24) is 15.2 Å². The van der Waals surface area contributed by atoms with Crippen LogP contribution in [-0.4, -0.2) is 84.4 Å². The number of hydrogen-bond acceptors (Lipinski definition) is 7. The number of amides is 4. The monoisotopic (exact) mass is 668 g/mol. The first-order valence-electron chi connectivity index (χ1n) is 14.3. The minimum absolute atomic E-state index is 0.00466. The number of ether oxygens (including phenoxy) is 1. The lowest BCUT2D eigenvalue weighted by Crippen LogP contribution is -2.47. The highest BCUT2D eigenvalue weighted by Gasteiger charge is 2.28. The maximum Gasteiger partial charge on any atom is 0.328 e. The summed E-state index contributed by atoms with van der Waals surface area (Å²) in [5.41, 5.74) is 3.55. The number of nitrogens with zero attached hydrogens (tertiary/aromatic N) is 3. The van der Waals surface area contributed by atoms with Crippen molar-refractivity contribution in [2.24, 2.45) is 5.10 Å². The molecular weight excluding hydrogens is 635 g/mol. The average molecular weight is 670 g/mol. The van der Waals surface area contributed by atoms with Crippen LogP contribution in [0, 0.1) is 6.92 Å². The lowest BCUT2D eigenvalue weighted by atomic mass is 10.1. The van der Waals surface area contributed by atoms with Crippen LogP contribution in [0.1, 0.15) is 27.9 Å². The lowest BCUT2D eigenvalue weighted by molar-refractivity contribution is -0.139. The molecule has 1 unspecified atom stereocenters. The second-order valence-corrected chi connectivity index (χ2v) is 11.5. The summed E-state index contributed by atoms with van der Waals surface area (Å²) >= 11 is 12.2. The van der Waals surface area contributed by atoms with Crippen LogP contribution in [0.3, 0.4) is 0 Å². The summed E-state index contributed by atoms with van der Waals surface area (Å²) in [5, 5.41) is 23.9. The molecule has 0 saturated carbocycles. The quantitative estimate of drug-likeness (QED) is 0.214. The SMILES string of the molecule is COc1cc(CC(=O)N(C)CC2=NN(CC(NC(=O)c3c(Cl)cccc3Cl)C(=O)O)CC2)ccc1NC(=O)Nc1ccc(C)cc1. The van der Waals surface area contributed by atoms with Crippen molar-refractivity contribution in [3.8, 4) is 5.75 Å². The molecule has 0 aliphatic carbocycles. The number of carboxylic acids is 1. The van der Waals surface area contributed by atoms with E-state index in [-0.39, 0.29) is 41.0 Å². The fourth-order valence-electron chi connectivity index (χ4n) is 4.68. The highest BCUT2D eigenvalue weighted by atomic mass is 35.5. The van der Waals surface area contributed by atoms with Gasteiger partial charge in [0.05, 0.1) is 53.6 Å². The zero-order valence-corrected chi connectivity index (χ0v) is 27.0. The summed E-state index contributed by atoms with van der Waals surface area (Å²) in [4.78, 5) is 51.7. The Balaban J connectivity index is 1.31. The van der Waals surface area contributed by atoms with E-state index in [4.69, 9.17) is 27.9 Å². The first kappa shape index (κ1) is 34.1. The van der Waals surface area contributed by atoms with Crippen LogP contribution in [0.4, 0.5) is 16.2 Å². The molecule has 1 heterocycles. The topological polar surface area (TPSA) is 153 Å². The molecule has 4 rings (SSSR count). The van der Waals surface area contributed by atoms with Gasteiger partial charge in [-0.3, -0.25) is 14.6 Å². The zero-order valence-electron chi connectivity index (χ0n) is 25.5. The van der Waals surface area contributed by atoms with Gasteiger partial charge in [-0.2, -0.15) is 5.10 Å². The molecule has 3 aromatic carbocycles. The van der Waals surface area contributed by atoms with E-state index in [1.807, 2.05) is 19.1 Å². The van der Waals surface area contributed by atoms with E-state index in [1.165, 1.54) is 24.1 Å². The third kappa shape index (κ3) is 9.11. The standard InChI is InChI=1S/C32H34Cl2N6O6/c1-19-7-10-21(11-8-19)35-32(45)37-25-12-9-20(15-27(25)46-3)16-28(41)39(2)17-22-13-14-40(38-22)18-26(31(43)44)36-30(42)29-23(33)5-4-6-24(29)34/h4-12,15,26H,13-14,16-18H2,1-3H3,(H,36,42)(H,43,44)(H2,35,37,45). The van der Waals surface area contributed by atoms with Gasteiger partial charge in [-0.15, -0.1) is 0 Å². The van der Waals surface area contributed by atoms with Crippen molar-refractivity contribution in [3.05, 3.63) is 87.4 Å². The van der Waals surface area contributed by atoms with Gasteiger partial charge >= 0.3 is 12.0 Å². The van der Waals surface area contributed by atoms with Gasteiger partial charge < -0.3 is 30.7 Å². The van der Waals surface area contributed by atoms with Crippen molar-refractivity contribution < 1.29 is 29.0 Å². The number of likely N-dealkylation sites (N-methyl/N-ethyl adjacent to an activating group) is 1. The molecule has 242 valence electrons. The number of halogens is 2. The number of carboxylic acid groups (broad SMARTS) is 1. The number of anilines is 2. The predicted octanol–water partition coefficient (Wildman–Crippen LogP) is 4.90. The Morgan fingerprint density at radius 3 is 2.39 bits per heavy atom. The summed E-state index contributed by atoms with van der Waals surface area (Å²) in [5.74, 6) is -1.72. The van der Waals surface area contributed by atoms with Gasteiger partial charge in [0.2, 0.25) is 5.91 Å². The Bertz CT molecular complexity index is 1630. The molecule has 1 atom stereocenters. The number of benzene rings is 3. The summed E-state index contributed by atoms with van der Waals surface area (Å²) in [7, 11) is 3.14. The zero-order chi connectivity index (χ0) is 33.4. The molecule has 0 spiro atoms. The minimum Gasteiger partial charge on any atom is -0.495 e. The summed E-state index contributed by atoms with van der Waals surface area (Å²) < 4.78 is 5.45. The molecule has 0 bridgehead atoms. The van der Waals surface area contributed by atoms with E-state index >= 15 is 0 Å². The minimum atomic E-state index is -1.27. The number of aliphatic carboxylic acids is 1. The van der Waals surface area contributed by atoms with Gasteiger partial charge in [0, 0.05) is 25.7 Å². The van der Waals surface area contributed by atoms with E-state index in [0.717, 1.165) is 5.56 Å². The normalized spacial score (nSPS) is 13.0. The molecule has 1 aliphatic rings. The van der Waals surface area contributed by atoms with Crippen LogP contribution in [0.2, 0.25) is 10.0 Å². The van der Waals surface area contributed by atoms with Crippen LogP contribution in [-0.2, 0) is 16.0 Å². The third-order valence-electron chi connectivity index (χ3n) is 7.15. The molecule has 14 heteroatoms. The Kier molecular flexibility index (Phi) is 11.4. The largest absolute Gasteiger partial charge is 0.495 e. The Labute approximate surface area is 276 Å². The van der Waals surface area contributed by atoms with Crippen molar-refractivity contribution in [2.45, 2.75) is 25.8 Å². The lowest BCUT2D eigenvalue weighted by Gasteiger charge is -2.21. The molecule has 4 amide bonds. The van der Waals surface area contributed by atoms with E-state index in [0.29, 0.717) is 41.4 Å². The average Bonchev–Trinajstić information content (AvgIpc) is 3.45. The molecule has 0 fully saturated rings. The third-order valence-corrected chi connectivity index (χ3v) is 7.78. The molecule has 0 aromatic heterocycles. The van der Waals surface area contributed by atoms with E-state index < -0.39 is 23.9 Å². The number of methoxy groups -OCH3 is 1. The Hall–Kier alpha value is -4.81. The van der Waals surface area contributed by atoms with Gasteiger partial charge in [0.15, 0.2) is 0 Å². The maximum atomic E-state index is 13.0. The first-order chi connectivity index (χ1) is 21.9. The number of nitrogens with one attached hydrogen (secondary N) is 3. The molecule has 1 aliphatic heterocycles. The molecule has 46 heavy (non-hydrogen) atoms. The Morgan fingerprint density at radius 1 is 1.04 bits per heavy atom. The number of carbonyl (C=O) groups is 4. The maximum absolute atomic E-state index is 13.0. The molecule has 4 N–H and O–H groups in total. The molecule has 3 aromatic rings. The van der Waals surface area contributed by atoms with Crippen LogP contribution < -0.4 is 20.7 Å². The summed E-state index contributed by atoms with van der Waals surface area (Å²) in [6, 6.07) is 15.4. The van der Waals surface area contributed by atoms with Gasteiger partial charge in [0.1, 0.15) is 11.8 Å². The molecule has 0 saturated heterocycles.